The van der Waals surface area contributed by atoms with Crippen LogP contribution in [0.15, 0.2) is 6.20 Å². The zero-order chi connectivity index (χ0) is 10.6. The van der Waals surface area contributed by atoms with Crippen molar-refractivity contribution < 1.29 is 4.79 Å². The van der Waals surface area contributed by atoms with Crippen LogP contribution in [-0.4, -0.2) is 24.5 Å². The second-order valence-electron chi connectivity index (χ2n) is 3.06. The third kappa shape index (κ3) is 3.08. The van der Waals surface area contributed by atoms with Crippen molar-refractivity contribution in [3.05, 3.63) is 16.1 Å². The second-order valence-corrected chi connectivity index (χ2v) is 4.32. The summed E-state index contributed by atoms with van der Waals surface area (Å²) in [5.41, 5.74) is 0. The maximum atomic E-state index is 11.0. The Morgan fingerprint density at radius 1 is 1.71 bits per heavy atom. The molecule has 5 heteroatoms. The van der Waals surface area contributed by atoms with Crippen molar-refractivity contribution in [2.75, 3.05) is 13.6 Å². The van der Waals surface area contributed by atoms with Crippen molar-refractivity contribution >= 4 is 17.2 Å². The van der Waals surface area contributed by atoms with Crippen LogP contribution >= 0.6 is 11.3 Å². The van der Waals surface area contributed by atoms with E-state index < -0.39 is 0 Å². The Balaban J connectivity index is 2.42. The molecule has 0 fully saturated rings. The normalized spacial score (nSPS) is 12.5. The lowest BCUT2D eigenvalue weighted by molar-refractivity contribution is -0.119. The molecule has 1 unspecified atom stereocenters. The van der Waals surface area contributed by atoms with E-state index in [0.29, 0.717) is 6.54 Å². The maximum Gasteiger partial charge on any atom is 0.233 e. The van der Waals surface area contributed by atoms with Crippen LogP contribution in [-0.2, 0) is 4.79 Å². The number of likely N-dealkylation sites (N-methyl/N-ethyl adjacent to an activating group) is 1. The van der Waals surface area contributed by atoms with Crippen molar-refractivity contribution in [1.29, 1.82) is 0 Å². The van der Waals surface area contributed by atoms with E-state index in [1.165, 1.54) is 0 Å². The first-order valence-electron chi connectivity index (χ1n) is 4.49. The van der Waals surface area contributed by atoms with Gasteiger partial charge >= 0.3 is 0 Å². The molecule has 4 nitrogen and oxygen atoms in total. The van der Waals surface area contributed by atoms with Crippen LogP contribution < -0.4 is 10.6 Å². The van der Waals surface area contributed by atoms with Gasteiger partial charge in [0, 0.05) is 24.2 Å². The lowest BCUT2D eigenvalue weighted by Gasteiger charge is -2.10. The Kier molecular flexibility index (Phi) is 4.03. The standard InChI is InChI=1S/C9H15N3OS/c1-6(11-5-9(13)10-3)8-4-12-7(2)14-8/h4,6,11H,5H2,1-3H3,(H,10,13). The molecule has 1 aromatic rings. The first-order valence-corrected chi connectivity index (χ1v) is 5.31. The molecular formula is C9H15N3OS. The van der Waals surface area contributed by atoms with Gasteiger partial charge in [-0.15, -0.1) is 11.3 Å². The minimum atomic E-state index is -0.00177. The van der Waals surface area contributed by atoms with E-state index in [2.05, 4.69) is 15.6 Å². The number of carbonyl (C=O) groups is 1. The van der Waals surface area contributed by atoms with E-state index in [0.717, 1.165) is 9.88 Å². The third-order valence-corrected chi connectivity index (χ3v) is 3.01. The zero-order valence-electron chi connectivity index (χ0n) is 8.63. The second kappa shape index (κ2) is 5.07. The van der Waals surface area contributed by atoms with Crippen LogP contribution in [0, 0.1) is 6.92 Å². The van der Waals surface area contributed by atoms with Crippen molar-refractivity contribution in [2.45, 2.75) is 19.9 Å². The topological polar surface area (TPSA) is 54.0 Å². The Hall–Kier alpha value is -0.940. The number of aromatic nitrogens is 1. The van der Waals surface area contributed by atoms with Gasteiger partial charge in [-0.05, 0) is 13.8 Å². The smallest absolute Gasteiger partial charge is 0.233 e. The molecule has 0 radical (unpaired) electrons. The quantitative estimate of drug-likeness (QED) is 0.779. The molecule has 1 atom stereocenters. The summed E-state index contributed by atoms with van der Waals surface area (Å²) in [7, 11) is 1.63. The minimum Gasteiger partial charge on any atom is -0.358 e. The molecule has 0 aliphatic heterocycles. The predicted octanol–water partition coefficient (Wildman–Crippen LogP) is 0.848. The number of thiazole rings is 1. The van der Waals surface area contributed by atoms with Gasteiger partial charge in [-0.25, -0.2) is 4.98 Å². The van der Waals surface area contributed by atoms with Gasteiger partial charge in [-0.3, -0.25) is 4.79 Å². The first kappa shape index (κ1) is 11.1. The van der Waals surface area contributed by atoms with Gasteiger partial charge in [-0.1, -0.05) is 0 Å². The maximum absolute atomic E-state index is 11.0. The number of aryl methyl sites for hydroxylation is 1. The number of carbonyl (C=O) groups excluding carboxylic acids is 1. The highest BCUT2D eigenvalue weighted by molar-refractivity contribution is 7.11. The number of nitrogens with zero attached hydrogens (tertiary/aromatic N) is 1. The molecule has 2 N–H and O–H groups in total. The molecule has 0 aliphatic carbocycles. The summed E-state index contributed by atoms with van der Waals surface area (Å²) < 4.78 is 0. The number of rotatable bonds is 4. The van der Waals surface area contributed by atoms with Crippen molar-refractivity contribution in [1.82, 2.24) is 15.6 Å². The first-order chi connectivity index (χ1) is 6.63. The van der Waals surface area contributed by atoms with Gasteiger partial charge in [-0.2, -0.15) is 0 Å². The molecule has 0 bridgehead atoms. The van der Waals surface area contributed by atoms with Gasteiger partial charge in [0.1, 0.15) is 0 Å². The molecule has 1 heterocycles. The fraction of sp³-hybridized carbons (Fsp3) is 0.556. The fourth-order valence-electron chi connectivity index (χ4n) is 1.01. The highest BCUT2D eigenvalue weighted by Crippen LogP contribution is 2.19. The molecule has 0 aliphatic rings. The van der Waals surface area contributed by atoms with Gasteiger partial charge in [0.2, 0.25) is 5.91 Å². The Morgan fingerprint density at radius 3 is 2.93 bits per heavy atom. The van der Waals surface area contributed by atoms with Crippen LogP contribution in [0.2, 0.25) is 0 Å². The fourth-order valence-corrected chi connectivity index (χ4v) is 1.82. The predicted molar refractivity (Wildman–Crippen MR) is 57.3 cm³/mol. The Bertz CT molecular complexity index is 311. The summed E-state index contributed by atoms with van der Waals surface area (Å²) >= 11 is 1.65. The van der Waals surface area contributed by atoms with E-state index in [9.17, 15) is 4.79 Å². The lowest BCUT2D eigenvalue weighted by atomic mass is 10.3. The highest BCUT2D eigenvalue weighted by atomic mass is 32.1. The van der Waals surface area contributed by atoms with Crippen LogP contribution in [0.4, 0.5) is 0 Å². The molecule has 1 rings (SSSR count). The molecule has 0 saturated heterocycles. The number of nitrogens with one attached hydrogen (secondary N) is 2. The monoisotopic (exact) mass is 213 g/mol. The van der Waals surface area contributed by atoms with Crippen LogP contribution in [0.25, 0.3) is 0 Å². The van der Waals surface area contributed by atoms with Crippen molar-refractivity contribution in [3.8, 4) is 0 Å². The van der Waals surface area contributed by atoms with Crippen LogP contribution in [0.1, 0.15) is 22.9 Å². The SMILES string of the molecule is CNC(=O)CNC(C)c1cnc(C)s1. The van der Waals surface area contributed by atoms with E-state index >= 15 is 0 Å². The molecular weight excluding hydrogens is 198 g/mol. The van der Waals surface area contributed by atoms with E-state index in [1.807, 2.05) is 20.0 Å². The van der Waals surface area contributed by atoms with Gasteiger partial charge in [0.05, 0.1) is 11.6 Å². The molecule has 1 aromatic heterocycles. The molecule has 14 heavy (non-hydrogen) atoms. The van der Waals surface area contributed by atoms with Crippen molar-refractivity contribution in [2.24, 2.45) is 0 Å². The number of hydrogen-bond acceptors (Lipinski definition) is 4. The lowest BCUT2D eigenvalue weighted by Crippen LogP contribution is -2.32. The summed E-state index contributed by atoms with van der Waals surface area (Å²) in [6, 6.07) is 0.179. The molecule has 0 saturated carbocycles. The number of amides is 1. The van der Waals surface area contributed by atoms with E-state index in [-0.39, 0.29) is 11.9 Å². The summed E-state index contributed by atoms with van der Waals surface area (Å²) in [6.07, 6.45) is 1.85. The molecule has 1 amide bonds. The van der Waals surface area contributed by atoms with Crippen molar-refractivity contribution in [3.63, 3.8) is 0 Å². The van der Waals surface area contributed by atoms with Gasteiger partial charge in [0.25, 0.3) is 0 Å². The summed E-state index contributed by atoms with van der Waals surface area (Å²) in [5.74, 6) is -0.00177. The summed E-state index contributed by atoms with van der Waals surface area (Å²) in [6.45, 7) is 4.34. The Labute approximate surface area is 87.7 Å². The minimum absolute atomic E-state index is 0.00177. The molecule has 0 aromatic carbocycles. The average Bonchev–Trinajstić information content (AvgIpc) is 2.60. The average molecular weight is 213 g/mol. The highest BCUT2D eigenvalue weighted by Gasteiger charge is 2.08. The van der Waals surface area contributed by atoms with Gasteiger partial charge < -0.3 is 10.6 Å². The van der Waals surface area contributed by atoms with Crippen LogP contribution in [0.3, 0.4) is 0 Å². The largest absolute Gasteiger partial charge is 0.358 e. The van der Waals surface area contributed by atoms with E-state index in [1.54, 1.807) is 18.4 Å². The number of hydrogen-bond donors (Lipinski definition) is 2. The summed E-state index contributed by atoms with van der Waals surface area (Å²) in [5, 5.41) is 6.73. The van der Waals surface area contributed by atoms with E-state index in [4.69, 9.17) is 0 Å². The zero-order valence-corrected chi connectivity index (χ0v) is 9.44. The Morgan fingerprint density at radius 2 is 2.43 bits per heavy atom. The molecule has 78 valence electrons. The third-order valence-electron chi connectivity index (χ3n) is 1.91. The molecule has 0 spiro atoms. The van der Waals surface area contributed by atoms with Gasteiger partial charge in [0.15, 0.2) is 0 Å². The van der Waals surface area contributed by atoms with Crippen LogP contribution in [0.5, 0.6) is 0 Å². The summed E-state index contributed by atoms with van der Waals surface area (Å²) in [4.78, 5) is 16.3.